The molecule has 0 unspecified atom stereocenters. The predicted molar refractivity (Wildman–Crippen MR) is 70.5 cm³/mol. The molecule has 0 radical (unpaired) electrons. The third-order valence-electron chi connectivity index (χ3n) is 2.73. The van der Waals surface area contributed by atoms with Crippen molar-refractivity contribution in [2.45, 2.75) is 6.92 Å². The molecule has 0 saturated carbocycles. The highest BCUT2D eigenvalue weighted by Gasteiger charge is 2.11. The maximum atomic E-state index is 11.5. The Labute approximate surface area is 109 Å². The molecule has 0 saturated heterocycles. The van der Waals surface area contributed by atoms with Crippen LogP contribution < -0.4 is 18.6 Å². The van der Waals surface area contributed by atoms with E-state index in [4.69, 9.17) is 0 Å². The van der Waals surface area contributed by atoms with E-state index >= 15 is 0 Å². The summed E-state index contributed by atoms with van der Waals surface area (Å²) in [5, 5.41) is 3.18. The molecule has 0 aliphatic heterocycles. The van der Waals surface area contributed by atoms with Gasteiger partial charge in [-0.25, -0.2) is 0 Å². The lowest BCUT2D eigenvalue weighted by molar-refractivity contribution is 0.102. The number of rotatable bonds is 2. The molecular weight excluding hydrogens is 219 g/mol. The third-order valence-corrected chi connectivity index (χ3v) is 7.09. The van der Waals surface area contributed by atoms with Crippen LogP contribution in [0.15, 0.2) is 6.07 Å². The molecule has 1 aromatic rings. The predicted octanol–water partition coefficient (Wildman–Crippen LogP) is -3.29. The summed E-state index contributed by atoms with van der Waals surface area (Å²) in [4.78, 5) is 11.5. The first-order chi connectivity index (χ1) is 6.49. The molecule has 0 atom stereocenters. The average Bonchev–Trinajstić information content (AvgIpc) is 2.11. The number of ketones is 1. The lowest BCUT2D eigenvalue weighted by Crippen LogP contribution is -2.38. The summed E-state index contributed by atoms with van der Waals surface area (Å²) < 4.78 is 3.95. The zero-order chi connectivity index (χ0) is 10.9. The molecule has 70 valence electrons. The normalized spacial score (nSPS) is 9.86. The van der Waals surface area contributed by atoms with Crippen molar-refractivity contribution in [2.24, 2.45) is 0 Å². The van der Waals surface area contributed by atoms with Crippen molar-refractivity contribution in [1.29, 1.82) is 0 Å². The van der Waals surface area contributed by atoms with Gasteiger partial charge in [-0.1, -0.05) is 10.5 Å². The fourth-order valence-electron chi connectivity index (χ4n) is 1.83. The van der Waals surface area contributed by atoms with Gasteiger partial charge in [0.25, 0.3) is 48.9 Å². The van der Waals surface area contributed by atoms with E-state index < -0.39 is 0 Å². The van der Waals surface area contributed by atoms with Gasteiger partial charge in [-0.15, -0.1) is 8.85 Å². The Morgan fingerprint density at radius 3 is 2.29 bits per heavy atom. The van der Waals surface area contributed by atoms with E-state index in [1.807, 2.05) is 7.05 Å². The van der Waals surface area contributed by atoms with Crippen molar-refractivity contribution in [3.05, 3.63) is 11.6 Å². The van der Waals surface area contributed by atoms with E-state index in [1.165, 1.54) is 13.3 Å². The van der Waals surface area contributed by atoms with Crippen molar-refractivity contribution in [3.8, 4) is 0 Å². The maximum absolute atomic E-state index is 11.5. The first-order valence-corrected chi connectivity index (χ1v) is 7.78. The molecule has 2 nitrogen and oxygen atoms in total. The van der Waals surface area contributed by atoms with Crippen LogP contribution in [0.4, 0.5) is 5.69 Å². The molecule has 1 N–H and O–H groups in total. The Morgan fingerprint density at radius 1 is 1.29 bits per heavy atom. The van der Waals surface area contributed by atoms with Gasteiger partial charge >= 0.3 is 0 Å². The second-order valence-corrected chi connectivity index (χ2v) is 6.75. The summed E-state index contributed by atoms with van der Waals surface area (Å²) in [6.45, 7) is 1.68. The van der Waals surface area contributed by atoms with Crippen LogP contribution >= 0.6 is 0 Å². The van der Waals surface area contributed by atoms with Crippen LogP contribution in [0, 0.1) is 0 Å². The van der Waals surface area contributed by atoms with Crippen LogP contribution in [0.1, 0.15) is 17.3 Å². The molecule has 1 rings (SSSR count). The molecule has 0 amide bonds. The second kappa shape index (κ2) is 4.87. The van der Waals surface area contributed by atoms with Gasteiger partial charge < -0.3 is 5.32 Å². The van der Waals surface area contributed by atoms with E-state index in [1.54, 1.807) is 6.92 Å². The zero-order valence-electron chi connectivity index (χ0n) is 9.49. The zero-order valence-corrected chi connectivity index (χ0v) is 15.5. The molecule has 0 aromatic heterocycles. The minimum Gasteiger partial charge on any atom is -0.389 e. The Balaban J connectivity index is 3.53. The highest BCUT2D eigenvalue weighted by molar-refractivity contribution is 6.54. The Kier molecular flexibility index (Phi) is 4.30. The topological polar surface area (TPSA) is 29.1 Å². The number of Topliss-reactive ketones (excluding diaryl/α,β-unsaturated/α-hetero) is 1. The van der Waals surface area contributed by atoms with Gasteiger partial charge in [-0.3, -0.25) is 4.79 Å². The Morgan fingerprint density at radius 2 is 1.86 bits per heavy atom. The number of benzene rings is 1. The van der Waals surface area contributed by atoms with Crippen LogP contribution in [-0.2, 0) is 0 Å². The molecular formula is C9H14Al3NO. The highest BCUT2D eigenvalue weighted by atomic mass is 27.1. The monoisotopic (exact) mass is 233 g/mol. The minimum atomic E-state index is 0.231. The van der Waals surface area contributed by atoms with Gasteiger partial charge in [-0.05, 0) is 12.5 Å². The summed E-state index contributed by atoms with van der Waals surface area (Å²) in [6, 6.07) is 2.21. The van der Waals surface area contributed by atoms with E-state index in [9.17, 15) is 4.79 Å². The molecule has 0 fully saturated rings. The number of carbonyl (C=O) groups excluding carboxylic acids is 1. The minimum absolute atomic E-state index is 0.231. The van der Waals surface area contributed by atoms with Crippen LogP contribution in [-0.4, -0.2) is 61.7 Å². The third kappa shape index (κ3) is 2.27. The first kappa shape index (κ1) is 12.4. The van der Waals surface area contributed by atoms with Crippen molar-refractivity contribution in [1.82, 2.24) is 0 Å². The number of nitrogens with one attached hydrogen (secondary N) is 1. The summed E-state index contributed by atoms with van der Waals surface area (Å²) >= 11 is 2.95. The van der Waals surface area contributed by atoms with Gasteiger partial charge in [0.05, 0.1) is 0 Å². The van der Waals surface area contributed by atoms with Gasteiger partial charge in [0.15, 0.2) is 5.78 Å². The lowest BCUT2D eigenvalue weighted by atomic mass is 10.1. The fraction of sp³-hybridized carbons (Fsp3) is 0.222. The standard InChI is InChI=1S/C9H8NO.3Al.6H/c1-7(11)8-4-3-5-9(6-8)10-2;;;;;;;;;/h5,10H,1-2H3;;;;;;;;;. The van der Waals surface area contributed by atoms with Crippen LogP contribution in [0.5, 0.6) is 0 Å². The second-order valence-electron chi connectivity index (χ2n) is 3.67. The quantitative estimate of drug-likeness (QED) is 0.428. The first-order valence-electron chi connectivity index (χ1n) is 4.78. The molecule has 0 aliphatic rings. The Bertz CT molecular complexity index is 390. The fourth-order valence-corrected chi connectivity index (χ4v) is 4.87. The van der Waals surface area contributed by atoms with Gasteiger partial charge in [0.1, 0.15) is 0 Å². The summed E-state index contributed by atoms with van der Waals surface area (Å²) in [7, 11) is 1.93. The van der Waals surface area contributed by atoms with Crippen LogP contribution in [0.25, 0.3) is 0 Å². The number of carbonyl (C=O) groups is 1. The van der Waals surface area contributed by atoms with Gasteiger partial charge in [0, 0.05) is 12.7 Å². The molecule has 0 bridgehead atoms. The van der Waals surface area contributed by atoms with Crippen LogP contribution in [0.3, 0.4) is 0 Å². The van der Waals surface area contributed by atoms with E-state index in [0.29, 0.717) is 0 Å². The largest absolute Gasteiger partial charge is 0.389 e. The molecule has 5 heteroatoms. The summed E-state index contributed by atoms with van der Waals surface area (Å²) in [6.07, 6.45) is 0. The number of hydrogen-bond donors (Lipinski definition) is 1. The molecule has 14 heavy (non-hydrogen) atoms. The van der Waals surface area contributed by atoms with Crippen molar-refractivity contribution >= 4 is 73.6 Å². The molecule has 0 aliphatic carbocycles. The van der Waals surface area contributed by atoms with Crippen LogP contribution in [0.2, 0.25) is 0 Å². The van der Waals surface area contributed by atoms with E-state index in [2.05, 4.69) is 11.4 Å². The maximum Gasteiger partial charge on any atom is 0.263 e. The molecule has 0 spiro atoms. The average molecular weight is 233 g/mol. The van der Waals surface area contributed by atoms with E-state index in [-0.39, 0.29) is 5.78 Å². The van der Waals surface area contributed by atoms with Gasteiger partial charge in [-0.2, -0.15) is 0 Å². The smallest absolute Gasteiger partial charge is 0.263 e. The SMILES string of the molecule is CNc1c[c]([AlH2])[c]([AlH2])c(C(C)=O)[c]1[AlH2]. The lowest BCUT2D eigenvalue weighted by Gasteiger charge is -2.16. The summed E-state index contributed by atoms with van der Waals surface area (Å²) in [5.74, 6) is 0.231. The van der Waals surface area contributed by atoms with Crippen molar-refractivity contribution in [2.75, 3.05) is 12.4 Å². The summed E-state index contributed by atoms with van der Waals surface area (Å²) in [5.41, 5.74) is 2.17. The number of hydrogen-bond acceptors (Lipinski definition) is 2. The molecule has 1 aromatic carbocycles. The van der Waals surface area contributed by atoms with E-state index in [0.717, 1.165) is 60.1 Å². The highest BCUT2D eigenvalue weighted by Crippen LogP contribution is 2.01. The van der Waals surface area contributed by atoms with Crippen molar-refractivity contribution < 1.29 is 4.79 Å². The van der Waals surface area contributed by atoms with Gasteiger partial charge in [0.2, 0.25) is 0 Å². The number of anilines is 1. The Hall–Kier alpha value is 0.287. The van der Waals surface area contributed by atoms with Crippen molar-refractivity contribution in [3.63, 3.8) is 0 Å². The molecule has 0 heterocycles.